The van der Waals surface area contributed by atoms with Crippen molar-refractivity contribution in [1.29, 1.82) is 0 Å². The lowest BCUT2D eigenvalue weighted by molar-refractivity contribution is -0.150. The summed E-state index contributed by atoms with van der Waals surface area (Å²) >= 11 is 3.17. The zero-order valence-corrected chi connectivity index (χ0v) is 13.0. The van der Waals surface area contributed by atoms with Gasteiger partial charge in [-0.1, -0.05) is 15.9 Å². The zero-order valence-electron chi connectivity index (χ0n) is 11.4. The molecule has 116 valence electrons. The molecule has 0 aliphatic heterocycles. The van der Waals surface area contributed by atoms with Crippen molar-refractivity contribution in [2.75, 3.05) is 13.7 Å². The molecule has 1 rings (SSSR count). The van der Waals surface area contributed by atoms with E-state index in [4.69, 9.17) is 4.74 Å². The van der Waals surface area contributed by atoms with E-state index in [1.807, 2.05) is 0 Å². The Kier molecular flexibility index (Phi) is 6.97. The van der Waals surface area contributed by atoms with Crippen LogP contribution in [-0.2, 0) is 23.9 Å². The van der Waals surface area contributed by atoms with Gasteiger partial charge in [-0.25, -0.2) is 14.4 Å². The summed E-state index contributed by atoms with van der Waals surface area (Å²) in [5, 5.41) is 0. The van der Waals surface area contributed by atoms with Crippen molar-refractivity contribution in [3.63, 3.8) is 0 Å². The van der Waals surface area contributed by atoms with E-state index in [0.29, 0.717) is 10.8 Å². The summed E-state index contributed by atoms with van der Waals surface area (Å²) in [5.41, 5.74) is 0.166. The van der Waals surface area contributed by atoms with Crippen LogP contribution in [-0.4, -0.2) is 37.9 Å². The molecule has 0 amide bonds. The van der Waals surface area contributed by atoms with Crippen molar-refractivity contribution >= 4 is 40.1 Å². The fraction of sp³-hybridized carbons (Fsp3) is 0.143. The molecule has 0 atom stereocenters. The Morgan fingerprint density at radius 2 is 1.86 bits per heavy atom. The monoisotopic (exact) mass is 370 g/mol. The smallest absolute Gasteiger partial charge is 0.349 e. The minimum Gasteiger partial charge on any atom is -0.466 e. The number of rotatable bonds is 6. The lowest BCUT2D eigenvalue weighted by Gasteiger charge is -2.07. The number of carbonyl (C=O) groups excluding carboxylic acids is 4. The van der Waals surface area contributed by atoms with Crippen LogP contribution in [0.1, 0.15) is 10.4 Å². The molecule has 22 heavy (non-hydrogen) atoms. The van der Waals surface area contributed by atoms with E-state index >= 15 is 0 Å². The van der Waals surface area contributed by atoms with Crippen LogP contribution in [0.15, 0.2) is 34.8 Å². The Balaban J connectivity index is 2.54. The highest BCUT2D eigenvalue weighted by atomic mass is 79.9. The van der Waals surface area contributed by atoms with Crippen LogP contribution >= 0.6 is 15.9 Å². The summed E-state index contributed by atoms with van der Waals surface area (Å²) in [6.07, 6.45) is 2.20. The Bertz CT molecular complexity index is 622. The van der Waals surface area contributed by atoms with Crippen LogP contribution in [0.4, 0.5) is 0 Å². The summed E-state index contributed by atoms with van der Waals surface area (Å²) in [6, 6.07) is 4.48. The number of halogens is 1. The second-order valence-electron chi connectivity index (χ2n) is 3.74. The topological polar surface area (TPSA) is 96.0 Å². The Hall–Kier alpha value is -2.48. The molecule has 1 aromatic rings. The number of benzene rings is 1. The quantitative estimate of drug-likeness (QED) is 0.323. The number of esters is 3. The van der Waals surface area contributed by atoms with Gasteiger partial charge in [0.1, 0.15) is 5.75 Å². The number of aldehydes is 1. The highest BCUT2D eigenvalue weighted by Gasteiger charge is 2.11. The molecule has 0 aliphatic rings. The van der Waals surface area contributed by atoms with E-state index in [1.165, 1.54) is 12.1 Å². The van der Waals surface area contributed by atoms with Gasteiger partial charge in [0.25, 0.3) is 0 Å². The van der Waals surface area contributed by atoms with Crippen molar-refractivity contribution in [2.24, 2.45) is 0 Å². The third-order valence-electron chi connectivity index (χ3n) is 2.21. The molecule has 1 aromatic carbocycles. The first-order valence-electron chi connectivity index (χ1n) is 5.84. The van der Waals surface area contributed by atoms with Crippen LogP contribution in [0.3, 0.4) is 0 Å². The van der Waals surface area contributed by atoms with Crippen LogP contribution in [0, 0.1) is 0 Å². The second-order valence-corrected chi connectivity index (χ2v) is 4.65. The number of hydrogen-bond donors (Lipinski definition) is 0. The summed E-state index contributed by atoms with van der Waals surface area (Å²) in [7, 11) is 1.15. The molecule has 7 nitrogen and oxygen atoms in total. The van der Waals surface area contributed by atoms with E-state index in [0.717, 1.165) is 19.3 Å². The molecule has 0 saturated carbocycles. The van der Waals surface area contributed by atoms with E-state index in [-0.39, 0.29) is 11.3 Å². The molecule has 0 radical (unpaired) electrons. The largest absolute Gasteiger partial charge is 0.466 e. The normalized spacial score (nSPS) is 10.1. The van der Waals surface area contributed by atoms with E-state index in [2.05, 4.69) is 25.4 Å². The molecule has 0 aliphatic carbocycles. The number of carbonyl (C=O) groups is 4. The predicted molar refractivity (Wildman–Crippen MR) is 77.3 cm³/mol. The van der Waals surface area contributed by atoms with Gasteiger partial charge in [0, 0.05) is 16.6 Å². The molecule has 0 saturated heterocycles. The van der Waals surface area contributed by atoms with Gasteiger partial charge in [-0.3, -0.25) is 4.79 Å². The van der Waals surface area contributed by atoms with Crippen molar-refractivity contribution in [1.82, 2.24) is 0 Å². The predicted octanol–water partition coefficient (Wildman–Crippen LogP) is 1.44. The number of ether oxygens (including phenoxy) is 3. The molecule has 8 heteroatoms. The minimum atomic E-state index is -0.909. The Labute approximate surface area is 134 Å². The average Bonchev–Trinajstić information content (AvgIpc) is 2.52. The third kappa shape index (κ3) is 5.88. The molecule has 0 unspecified atom stereocenters. The molecule has 0 spiro atoms. The van der Waals surface area contributed by atoms with Gasteiger partial charge in [0.05, 0.1) is 12.7 Å². The van der Waals surface area contributed by atoms with Gasteiger partial charge >= 0.3 is 17.9 Å². The second kappa shape index (κ2) is 8.73. The van der Waals surface area contributed by atoms with E-state index in [1.54, 1.807) is 6.07 Å². The highest BCUT2D eigenvalue weighted by Crippen LogP contribution is 2.21. The average molecular weight is 371 g/mol. The standard InChI is InChI=1S/C14H11BrO7/c1-20-12(17)4-5-13(18)21-8-14(19)22-11-3-2-10(15)6-9(11)7-16/h2-7H,8H2,1H3. The molecular formula is C14H11BrO7. The van der Waals surface area contributed by atoms with Crippen LogP contribution < -0.4 is 4.74 Å². The van der Waals surface area contributed by atoms with Gasteiger partial charge < -0.3 is 14.2 Å². The fourth-order valence-corrected chi connectivity index (χ4v) is 1.62. The summed E-state index contributed by atoms with van der Waals surface area (Å²) in [6.45, 7) is -0.668. The van der Waals surface area contributed by atoms with Crippen molar-refractivity contribution in [3.8, 4) is 5.75 Å². The van der Waals surface area contributed by atoms with Crippen molar-refractivity contribution in [2.45, 2.75) is 0 Å². The van der Waals surface area contributed by atoms with Gasteiger partial charge in [0.15, 0.2) is 12.9 Å². The maximum absolute atomic E-state index is 11.5. The molecule has 0 N–H and O–H groups in total. The first-order valence-corrected chi connectivity index (χ1v) is 6.63. The highest BCUT2D eigenvalue weighted by molar-refractivity contribution is 9.10. The zero-order chi connectivity index (χ0) is 16.5. The molecular weight excluding hydrogens is 360 g/mol. The first-order chi connectivity index (χ1) is 10.5. The van der Waals surface area contributed by atoms with E-state index in [9.17, 15) is 19.2 Å². The SMILES string of the molecule is COC(=O)C=CC(=O)OCC(=O)Oc1ccc(Br)cc1C=O. The van der Waals surface area contributed by atoms with Crippen LogP contribution in [0.25, 0.3) is 0 Å². The van der Waals surface area contributed by atoms with Gasteiger partial charge in [0.2, 0.25) is 0 Å². The number of hydrogen-bond acceptors (Lipinski definition) is 7. The molecule has 0 fully saturated rings. The fourth-order valence-electron chi connectivity index (χ4n) is 1.24. The van der Waals surface area contributed by atoms with Crippen LogP contribution in [0.2, 0.25) is 0 Å². The third-order valence-corrected chi connectivity index (χ3v) is 2.70. The Morgan fingerprint density at radius 3 is 2.50 bits per heavy atom. The van der Waals surface area contributed by atoms with Gasteiger partial charge in [-0.05, 0) is 18.2 Å². The lowest BCUT2D eigenvalue weighted by atomic mass is 10.2. The maximum atomic E-state index is 11.5. The summed E-state index contributed by atoms with van der Waals surface area (Å²) < 4.78 is 14.4. The summed E-state index contributed by atoms with van der Waals surface area (Å²) in [4.78, 5) is 44.3. The first kappa shape index (κ1) is 17.6. The lowest BCUT2D eigenvalue weighted by Crippen LogP contribution is -2.18. The molecule has 0 heterocycles. The van der Waals surface area contributed by atoms with E-state index < -0.39 is 24.5 Å². The minimum absolute atomic E-state index is 0.0457. The summed E-state index contributed by atoms with van der Waals surface area (Å²) in [5.74, 6) is -2.46. The molecule has 0 bridgehead atoms. The Morgan fingerprint density at radius 1 is 1.18 bits per heavy atom. The maximum Gasteiger partial charge on any atom is 0.349 e. The van der Waals surface area contributed by atoms with Crippen LogP contribution in [0.5, 0.6) is 5.75 Å². The van der Waals surface area contributed by atoms with Crippen molar-refractivity contribution < 1.29 is 33.4 Å². The molecule has 0 aromatic heterocycles. The van der Waals surface area contributed by atoms with Gasteiger partial charge in [-0.2, -0.15) is 0 Å². The number of methoxy groups -OCH3 is 1. The van der Waals surface area contributed by atoms with Gasteiger partial charge in [-0.15, -0.1) is 0 Å². The van der Waals surface area contributed by atoms with Crippen molar-refractivity contribution in [3.05, 3.63) is 40.4 Å².